The molecule has 0 saturated carbocycles. The molecule has 0 radical (unpaired) electrons. The van der Waals surface area contributed by atoms with Crippen LogP contribution in [-0.4, -0.2) is 40.2 Å². The maximum Gasteiger partial charge on any atom is 0.335 e. The lowest BCUT2D eigenvalue weighted by Crippen LogP contribution is -2.25. The molecular weight excluding hydrogens is 360 g/mol. The SMILES string of the molecule is CCOC(=O)C(O)Cc1ccc(OCCn2ncc3ccccc3c2=O)cc1. The Labute approximate surface area is 162 Å². The molecule has 146 valence electrons. The number of aromatic nitrogens is 2. The van der Waals surface area contributed by atoms with E-state index in [4.69, 9.17) is 9.47 Å². The number of fused-ring (bicyclic) bond motifs is 1. The molecule has 1 unspecified atom stereocenters. The average molecular weight is 382 g/mol. The molecule has 1 aromatic heterocycles. The summed E-state index contributed by atoms with van der Waals surface area (Å²) >= 11 is 0. The van der Waals surface area contributed by atoms with Gasteiger partial charge in [0.15, 0.2) is 6.10 Å². The highest BCUT2D eigenvalue weighted by Gasteiger charge is 2.16. The molecule has 28 heavy (non-hydrogen) atoms. The molecule has 1 heterocycles. The Morgan fingerprint density at radius 1 is 1.18 bits per heavy atom. The Morgan fingerprint density at radius 3 is 2.68 bits per heavy atom. The van der Waals surface area contributed by atoms with Crippen LogP contribution in [0.1, 0.15) is 12.5 Å². The van der Waals surface area contributed by atoms with Gasteiger partial charge in [0, 0.05) is 11.8 Å². The molecule has 1 atom stereocenters. The van der Waals surface area contributed by atoms with Crippen molar-refractivity contribution in [2.24, 2.45) is 0 Å². The molecule has 0 saturated heterocycles. The summed E-state index contributed by atoms with van der Waals surface area (Å²) in [4.78, 5) is 23.9. The number of aliphatic hydroxyl groups excluding tert-OH is 1. The highest BCUT2D eigenvalue weighted by Crippen LogP contribution is 2.14. The van der Waals surface area contributed by atoms with Crippen LogP contribution in [-0.2, 0) is 22.5 Å². The summed E-state index contributed by atoms with van der Waals surface area (Å²) < 4.78 is 11.8. The van der Waals surface area contributed by atoms with Crippen LogP contribution < -0.4 is 10.3 Å². The quantitative estimate of drug-likeness (QED) is 0.599. The first-order valence-electron chi connectivity index (χ1n) is 9.10. The first-order valence-corrected chi connectivity index (χ1v) is 9.10. The average Bonchev–Trinajstić information content (AvgIpc) is 2.71. The molecule has 0 aliphatic heterocycles. The van der Waals surface area contributed by atoms with E-state index >= 15 is 0 Å². The standard InChI is InChI=1S/C21H22N2O5/c1-2-27-21(26)19(24)13-15-7-9-17(10-8-15)28-12-11-23-20(25)18-6-4-3-5-16(18)14-22-23/h3-10,14,19,24H,2,11-13H2,1H3. The number of esters is 1. The van der Waals surface area contributed by atoms with Crippen molar-refractivity contribution in [3.05, 3.63) is 70.6 Å². The van der Waals surface area contributed by atoms with E-state index in [0.29, 0.717) is 17.7 Å². The van der Waals surface area contributed by atoms with E-state index in [1.807, 2.05) is 18.2 Å². The molecule has 2 aromatic carbocycles. The number of aliphatic hydroxyl groups is 1. The summed E-state index contributed by atoms with van der Waals surface area (Å²) in [6.45, 7) is 2.54. The molecule has 3 aromatic rings. The first kappa shape index (κ1) is 19.6. The second kappa shape index (κ2) is 9.14. The number of rotatable bonds is 8. The van der Waals surface area contributed by atoms with Crippen LogP contribution in [0.2, 0.25) is 0 Å². The minimum Gasteiger partial charge on any atom is -0.492 e. The van der Waals surface area contributed by atoms with Gasteiger partial charge in [0.1, 0.15) is 12.4 Å². The zero-order valence-corrected chi connectivity index (χ0v) is 15.6. The van der Waals surface area contributed by atoms with Gasteiger partial charge in [-0.05, 0) is 30.7 Å². The van der Waals surface area contributed by atoms with Crippen LogP contribution in [0.5, 0.6) is 5.75 Å². The van der Waals surface area contributed by atoms with Gasteiger partial charge in [0.25, 0.3) is 5.56 Å². The molecule has 0 fully saturated rings. The number of carbonyl (C=O) groups excluding carboxylic acids is 1. The first-order chi connectivity index (χ1) is 13.6. The Balaban J connectivity index is 1.55. The second-order valence-electron chi connectivity index (χ2n) is 6.22. The lowest BCUT2D eigenvalue weighted by Gasteiger charge is -2.11. The van der Waals surface area contributed by atoms with Gasteiger partial charge in [-0.1, -0.05) is 30.3 Å². The summed E-state index contributed by atoms with van der Waals surface area (Å²) in [5.41, 5.74) is 0.644. The summed E-state index contributed by atoms with van der Waals surface area (Å²) in [7, 11) is 0. The zero-order chi connectivity index (χ0) is 19.9. The van der Waals surface area contributed by atoms with Gasteiger partial charge in [0.2, 0.25) is 0 Å². The third kappa shape index (κ3) is 4.75. The van der Waals surface area contributed by atoms with E-state index in [2.05, 4.69) is 5.10 Å². The Hall–Kier alpha value is -3.19. The number of ether oxygens (including phenoxy) is 2. The molecule has 0 aliphatic carbocycles. The zero-order valence-electron chi connectivity index (χ0n) is 15.6. The molecule has 3 rings (SSSR count). The van der Waals surface area contributed by atoms with Crippen LogP contribution in [0.4, 0.5) is 0 Å². The number of benzene rings is 2. The normalized spacial score (nSPS) is 11.9. The Kier molecular flexibility index (Phi) is 6.39. The van der Waals surface area contributed by atoms with Crippen molar-refractivity contribution in [2.45, 2.75) is 26.0 Å². The van der Waals surface area contributed by atoms with Crippen LogP contribution in [0, 0.1) is 0 Å². The van der Waals surface area contributed by atoms with Crippen molar-refractivity contribution in [3.8, 4) is 5.75 Å². The van der Waals surface area contributed by atoms with Crippen LogP contribution in [0.15, 0.2) is 59.5 Å². The summed E-state index contributed by atoms with van der Waals surface area (Å²) in [5.74, 6) is -0.000587. The topological polar surface area (TPSA) is 90.7 Å². The maximum atomic E-state index is 12.4. The largest absolute Gasteiger partial charge is 0.492 e. The van der Waals surface area contributed by atoms with Crippen molar-refractivity contribution in [2.75, 3.05) is 13.2 Å². The van der Waals surface area contributed by atoms with E-state index < -0.39 is 12.1 Å². The maximum absolute atomic E-state index is 12.4. The monoisotopic (exact) mass is 382 g/mol. The van der Waals surface area contributed by atoms with Crippen LogP contribution >= 0.6 is 0 Å². The molecule has 0 spiro atoms. The fraction of sp³-hybridized carbons (Fsp3) is 0.286. The van der Waals surface area contributed by atoms with Gasteiger partial charge in [-0.2, -0.15) is 5.10 Å². The predicted molar refractivity (Wildman–Crippen MR) is 104 cm³/mol. The number of hydrogen-bond acceptors (Lipinski definition) is 6. The Morgan fingerprint density at radius 2 is 1.93 bits per heavy atom. The van der Waals surface area contributed by atoms with Crippen molar-refractivity contribution < 1.29 is 19.4 Å². The number of nitrogens with zero attached hydrogens (tertiary/aromatic N) is 2. The second-order valence-corrected chi connectivity index (χ2v) is 6.22. The van der Waals surface area contributed by atoms with Crippen molar-refractivity contribution in [1.29, 1.82) is 0 Å². The van der Waals surface area contributed by atoms with E-state index in [1.165, 1.54) is 4.68 Å². The molecular formula is C21H22N2O5. The van der Waals surface area contributed by atoms with Crippen molar-refractivity contribution in [3.63, 3.8) is 0 Å². The van der Waals surface area contributed by atoms with Crippen molar-refractivity contribution >= 4 is 16.7 Å². The molecule has 0 bridgehead atoms. The van der Waals surface area contributed by atoms with Gasteiger partial charge < -0.3 is 14.6 Å². The number of carbonyl (C=O) groups is 1. The molecule has 1 N–H and O–H groups in total. The van der Waals surface area contributed by atoms with Crippen LogP contribution in [0.3, 0.4) is 0 Å². The third-order valence-corrected chi connectivity index (χ3v) is 4.24. The fourth-order valence-electron chi connectivity index (χ4n) is 2.80. The predicted octanol–water partition coefficient (Wildman–Crippen LogP) is 1.94. The highest BCUT2D eigenvalue weighted by atomic mass is 16.5. The van der Waals surface area contributed by atoms with Gasteiger partial charge >= 0.3 is 5.97 Å². The van der Waals surface area contributed by atoms with E-state index in [1.54, 1.807) is 43.5 Å². The summed E-state index contributed by atoms with van der Waals surface area (Å²) in [5, 5.41) is 15.4. The van der Waals surface area contributed by atoms with E-state index in [0.717, 1.165) is 10.9 Å². The molecule has 7 heteroatoms. The van der Waals surface area contributed by atoms with Crippen LogP contribution in [0.25, 0.3) is 10.8 Å². The van der Waals surface area contributed by atoms with Crippen molar-refractivity contribution in [1.82, 2.24) is 9.78 Å². The molecule has 0 aliphatic rings. The highest BCUT2D eigenvalue weighted by molar-refractivity contribution is 5.80. The Bertz CT molecular complexity index is 998. The minimum atomic E-state index is -1.18. The van der Waals surface area contributed by atoms with E-state index in [-0.39, 0.29) is 25.2 Å². The van der Waals surface area contributed by atoms with Gasteiger partial charge in [0.05, 0.1) is 24.7 Å². The third-order valence-electron chi connectivity index (χ3n) is 4.24. The van der Waals surface area contributed by atoms with Gasteiger partial charge in [-0.3, -0.25) is 4.79 Å². The minimum absolute atomic E-state index is 0.148. The van der Waals surface area contributed by atoms with Gasteiger partial charge in [-0.15, -0.1) is 0 Å². The lowest BCUT2D eigenvalue weighted by atomic mass is 10.1. The summed E-state index contributed by atoms with van der Waals surface area (Å²) in [6, 6.07) is 14.4. The van der Waals surface area contributed by atoms with Gasteiger partial charge in [-0.25, -0.2) is 9.48 Å². The summed E-state index contributed by atoms with van der Waals surface area (Å²) in [6.07, 6.45) is 0.660. The smallest absolute Gasteiger partial charge is 0.335 e. The van der Waals surface area contributed by atoms with E-state index in [9.17, 15) is 14.7 Å². The number of hydrogen-bond donors (Lipinski definition) is 1. The molecule has 0 amide bonds. The fourth-order valence-corrected chi connectivity index (χ4v) is 2.80. The lowest BCUT2D eigenvalue weighted by molar-refractivity contribution is -0.152. The molecule has 7 nitrogen and oxygen atoms in total.